The van der Waals surface area contributed by atoms with Gasteiger partial charge >= 0.3 is 0 Å². The summed E-state index contributed by atoms with van der Waals surface area (Å²) >= 11 is 0. The Balaban J connectivity index is 1.42. The van der Waals surface area contributed by atoms with Crippen LogP contribution in [0.1, 0.15) is 12.1 Å². The van der Waals surface area contributed by atoms with Gasteiger partial charge in [-0.25, -0.2) is 0 Å². The molecule has 0 radical (unpaired) electrons. The summed E-state index contributed by atoms with van der Waals surface area (Å²) < 4.78 is 10.7. The van der Waals surface area contributed by atoms with Gasteiger partial charge in [0.05, 0.1) is 12.0 Å². The molecule has 2 aliphatic heterocycles. The SMILES string of the molecule is c1coc(-c2cc(CN3CCC4CNCC4C3)no2)c1. The number of fused-ring (bicyclic) bond motifs is 1. The second-order valence-corrected chi connectivity index (χ2v) is 5.86. The van der Waals surface area contributed by atoms with E-state index in [1.807, 2.05) is 18.2 Å². The zero-order chi connectivity index (χ0) is 13.4. The third-order valence-corrected chi connectivity index (χ3v) is 4.50. The first-order valence-corrected chi connectivity index (χ1v) is 7.31. The Bertz CT molecular complexity index is 563. The molecule has 0 aromatic carbocycles. The van der Waals surface area contributed by atoms with Crippen LogP contribution in [0.3, 0.4) is 0 Å². The second kappa shape index (κ2) is 5.07. The van der Waals surface area contributed by atoms with Crippen LogP contribution in [0, 0.1) is 11.8 Å². The third-order valence-electron chi connectivity index (χ3n) is 4.50. The van der Waals surface area contributed by atoms with Gasteiger partial charge in [-0.1, -0.05) is 5.16 Å². The number of furan rings is 1. The van der Waals surface area contributed by atoms with Crippen molar-refractivity contribution < 1.29 is 8.94 Å². The molecule has 2 unspecified atom stereocenters. The molecule has 0 saturated carbocycles. The highest BCUT2D eigenvalue weighted by molar-refractivity contribution is 5.49. The fourth-order valence-electron chi connectivity index (χ4n) is 3.40. The molecular formula is C15H19N3O2. The Morgan fingerprint density at radius 1 is 1.30 bits per heavy atom. The molecule has 0 amide bonds. The maximum Gasteiger partial charge on any atom is 0.202 e. The Labute approximate surface area is 117 Å². The van der Waals surface area contributed by atoms with Crippen molar-refractivity contribution in [2.45, 2.75) is 13.0 Å². The van der Waals surface area contributed by atoms with Crippen molar-refractivity contribution in [2.75, 3.05) is 26.2 Å². The van der Waals surface area contributed by atoms with E-state index in [2.05, 4.69) is 15.4 Å². The van der Waals surface area contributed by atoms with E-state index in [1.165, 1.54) is 19.5 Å². The molecule has 106 valence electrons. The highest BCUT2D eigenvalue weighted by Crippen LogP contribution is 2.28. The summed E-state index contributed by atoms with van der Waals surface area (Å²) in [6.07, 6.45) is 2.94. The summed E-state index contributed by atoms with van der Waals surface area (Å²) in [5.41, 5.74) is 0.987. The number of hydrogen-bond donors (Lipinski definition) is 1. The van der Waals surface area contributed by atoms with Crippen LogP contribution in [0.5, 0.6) is 0 Å². The van der Waals surface area contributed by atoms with Crippen LogP contribution in [-0.4, -0.2) is 36.2 Å². The number of piperidine rings is 1. The molecule has 1 N–H and O–H groups in total. The fourth-order valence-corrected chi connectivity index (χ4v) is 3.40. The summed E-state index contributed by atoms with van der Waals surface area (Å²) in [4.78, 5) is 2.48. The highest BCUT2D eigenvalue weighted by atomic mass is 16.5. The van der Waals surface area contributed by atoms with Crippen LogP contribution in [0.2, 0.25) is 0 Å². The Kier molecular flexibility index (Phi) is 3.09. The van der Waals surface area contributed by atoms with E-state index in [0.717, 1.165) is 42.9 Å². The van der Waals surface area contributed by atoms with Crippen LogP contribution < -0.4 is 5.32 Å². The van der Waals surface area contributed by atoms with Crippen LogP contribution in [-0.2, 0) is 6.54 Å². The quantitative estimate of drug-likeness (QED) is 0.926. The lowest BCUT2D eigenvalue weighted by Gasteiger charge is -2.33. The Morgan fingerprint density at radius 2 is 2.25 bits per heavy atom. The predicted octanol–water partition coefficient (Wildman–Crippen LogP) is 1.98. The van der Waals surface area contributed by atoms with Crippen molar-refractivity contribution in [3.63, 3.8) is 0 Å². The average molecular weight is 273 g/mol. The Morgan fingerprint density at radius 3 is 3.15 bits per heavy atom. The molecule has 4 heterocycles. The van der Waals surface area contributed by atoms with Crippen molar-refractivity contribution in [3.05, 3.63) is 30.2 Å². The van der Waals surface area contributed by atoms with Gasteiger partial charge in [-0.3, -0.25) is 4.90 Å². The number of hydrogen-bond acceptors (Lipinski definition) is 5. The zero-order valence-corrected chi connectivity index (χ0v) is 11.4. The van der Waals surface area contributed by atoms with E-state index in [0.29, 0.717) is 5.76 Å². The summed E-state index contributed by atoms with van der Waals surface area (Å²) in [7, 11) is 0. The van der Waals surface area contributed by atoms with Crippen molar-refractivity contribution in [2.24, 2.45) is 11.8 Å². The van der Waals surface area contributed by atoms with E-state index < -0.39 is 0 Å². The first-order valence-electron chi connectivity index (χ1n) is 7.31. The van der Waals surface area contributed by atoms with Crippen molar-refractivity contribution in [3.8, 4) is 11.5 Å². The van der Waals surface area contributed by atoms with Crippen LogP contribution in [0.4, 0.5) is 0 Å². The van der Waals surface area contributed by atoms with E-state index in [9.17, 15) is 0 Å². The molecule has 2 aromatic heterocycles. The Hall–Kier alpha value is -1.59. The monoisotopic (exact) mass is 273 g/mol. The smallest absolute Gasteiger partial charge is 0.202 e. The standard InChI is InChI=1S/C15H19N3O2/c1-2-14(19-5-1)15-6-13(17-20-15)10-18-4-3-11-7-16-8-12(11)9-18/h1-2,5-6,11-12,16H,3-4,7-10H2. The summed E-state index contributed by atoms with van der Waals surface area (Å²) in [6, 6.07) is 5.73. The molecule has 2 aromatic rings. The van der Waals surface area contributed by atoms with E-state index in [1.54, 1.807) is 6.26 Å². The van der Waals surface area contributed by atoms with Crippen molar-refractivity contribution >= 4 is 0 Å². The number of rotatable bonds is 3. The van der Waals surface area contributed by atoms with Gasteiger partial charge in [0, 0.05) is 19.2 Å². The molecular weight excluding hydrogens is 254 g/mol. The molecule has 2 atom stereocenters. The number of nitrogens with zero attached hydrogens (tertiary/aromatic N) is 2. The molecule has 2 saturated heterocycles. The first-order chi connectivity index (χ1) is 9.88. The van der Waals surface area contributed by atoms with E-state index >= 15 is 0 Å². The van der Waals surface area contributed by atoms with Gasteiger partial charge < -0.3 is 14.3 Å². The van der Waals surface area contributed by atoms with Crippen molar-refractivity contribution in [1.29, 1.82) is 0 Å². The molecule has 0 spiro atoms. The summed E-state index contributed by atoms with van der Waals surface area (Å²) in [5, 5.41) is 7.66. The molecule has 2 fully saturated rings. The highest BCUT2D eigenvalue weighted by Gasteiger charge is 2.32. The lowest BCUT2D eigenvalue weighted by atomic mass is 9.89. The normalized spacial score (nSPS) is 26.8. The minimum atomic E-state index is 0.711. The zero-order valence-electron chi connectivity index (χ0n) is 11.4. The summed E-state index contributed by atoms with van der Waals surface area (Å²) in [6.45, 7) is 5.56. The topological polar surface area (TPSA) is 54.4 Å². The third kappa shape index (κ3) is 2.27. The molecule has 4 rings (SSSR count). The minimum Gasteiger partial charge on any atom is -0.461 e. The first kappa shape index (κ1) is 12.2. The van der Waals surface area contributed by atoms with E-state index in [-0.39, 0.29) is 0 Å². The second-order valence-electron chi connectivity index (χ2n) is 5.86. The molecule has 0 bridgehead atoms. The average Bonchev–Trinajstić information content (AvgIpc) is 3.19. The largest absolute Gasteiger partial charge is 0.461 e. The predicted molar refractivity (Wildman–Crippen MR) is 73.9 cm³/mol. The lowest BCUT2D eigenvalue weighted by Crippen LogP contribution is -2.39. The van der Waals surface area contributed by atoms with Crippen molar-refractivity contribution in [1.82, 2.24) is 15.4 Å². The van der Waals surface area contributed by atoms with Gasteiger partial charge in [0.25, 0.3) is 0 Å². The van der Waals surface area contributed by atoms with Gasteiger partial charge in [0.1, 0.15) is 0 Å². The fraction of sp³-hybridized carbons (Fsp3) is 0.533. The maximum absolute atomic E-state index is 5.35. The molecule has 20 heavy (non-hydrogen) atoms. The molecule has 2 aliphatic rings. The number of nitrogens with one attached hydrogen (secondary N) is 1. The van der Waals surface area contributed by atoms with Gasteiger partial charge in [-0.2, -0.15) is 0 Å². The molecule has 5 heteroatoms. The van der Waals surface area contributed by atoms with Crippen LogP contribution in [0.25, 0.3) is 11.5 Å². The van der Waals surface area contributed by atoms with Crippen LogP contribution in [0.15, 0.2) is 33.4 Å². The van der Waals surface area contributed by atoms with Crippen LogP contribution >= 0.6 is 0 Å². The molecule has 0 aliphatic carbocycles. The number of aromatic nitrogens is 1. The van der Waals surface area contributed by atoms with E-state index in [4.69, 9.17) is 8.94 Å². The van der Waals surface area contributed by atoms with Gasteiger partial charge in [-0.15, -0.1) is 0 Å². The number of likely N-dealkylation sites (tertiary alicyclic amines) is 1. The van der Waals surface area contributed by atoms with Gasteiger partial charge in [0.15, 0.2) is 5.76 Å². The minimum absolute atomic E-state index is 0.711. The van der Waals surface area contributed by atoms with Gasteiger partial charge in [0.2, 0.25) is 5.76 Å². The lowest BCUT2D eigenvalue weighted by molar-refractivity contribution is 0.139. The van der Waals surface area contributed by atoms with Gasteiger partial charge in [-0.05, 0) is 50.0 Å². The molecule has 5 nitrogen and oxygen atoms in total. The maximum atomic E-state index is 5.35. The summed E-state index contributed by atoms with van der Waals surface area (Å²) in [5.74, 6) is 3.13.